The van der Waals surface area contributed by atoms with Crippen molar-refractivity contribution in [1.82, 2.24) is 5.32 Å². The summed E-state index contributed by atoms with van der Waals surface area (Å²) in [7, 11) is 1.97. The molecular formula is C16H19NO. The van der Waals surface area contributed by atoms with Crippen LogP contribution in [-0.2, 0) is 6.42 Å². The Morgan fingerprint density at radius 3 is 2.44 bits per heavy atom. The number of hydrogen-bond donors (Lipinski definition) is 2. The molecule has 0 saturated heterocycles. The van der Waals surface area contributed by atoms with Crippen LogP contribution >= 0.6 is 0 Å². The molecule has 0 fully saturated rings. The van der Waals surface area contributed by atoms with E-state index in [1.807, 2.05) is 25.2 Å². The van der Waals surface area contributed by atoms with Gasteiger partial charge in [0.05, 0.1) is 0 Å². The molecule has 1 unspecified atom stereocenters. The quantitative estimate of drug-likeness (QED) is 0.861. The van der Waals surface area contributed by atoms with Gasteiger partial charge in [-0.05, 0) is 43.7 Å². The van der Waals surface area contributed by atoms with E-state index < -0.39 is 0 Å². The Bertz CT molecular complexity index is 505. The molecule has 0 aromatic heterocycles. The van der Waals surface area contributed by atoms with Crippen molar-refractivity contribution in [3.05, 3.63) is 65.2 Å². The predicted molar refractivity (Wildman–Crippen MR) is 74.8 cm³/mol. The predicted octanol–water partition coefficient (Wildman–Crippen LogP) is 3.20. The molecule has 0 saturated carbocycles. The molecule has 0 aliphatic carbocycles. The van der Waals surface area contributed by atoms with Crippen LogP contribution in [0.25, 0.3) is 0 Å². The number of nitrogens with one attached hydrogen (secondary N) is 1. The summed E-state index contributed by atoms with van der Waals surface area (Å²) in [6, 6.07) is 16.3. The highest BCUT2D eigenvalue weighted by molar-refractivity contribution is 5.30. The van der Waals surface area contributed by atoms with E-state index in [4.69, 9.17) is 0 Å². The maximum atomic E-state index is 9.49. The summed E-state index contributed by atoms with van der Waals surface area (Å²) in [6.45, 7) is 2.09. The second-order valence-electron chi connectivity index (χ2n) is 4.63. The van der Waals surface area contributed by atoms with Crippen molar-refractivity contribution in [2.75, 3.05) is 7.05 Å². The maximum absolute atomic E-state index is 9.49. The van der Waals surface area contributed by atoms with Crippen molar-refractivity contribution < 1.29 is 5.11 Å². The van der Waals surface area contributed by atoms with Gasteiger partial charge in [0.2, 0.25) is 0 Å². The van der Waals surface area contributed by atoms with E-state index >= 15 is 0 Å². The van der Waals surface area contributed by atoms with Crippen LogP contribution in [0.15, 0.2) is 48.5 Å². The zero-order chi connectivity index (χ0) is 13.0. The number of hydrogen-bond acceptors (Lipinski definition) is 2. The van der Waals surface area contributed by atoms with Gasteiger partial charge in [-0.3, -0.25) is 0 Å². The fourth-order valence-corrected chi connectivity index (χ4v) is 2.10. The molecule has 94 valence electrons. The Labute approximate surface area is 108 Å². The average molecular weight is 241 g/mol. The van der Waals surface area contributed by atoms with Crippen LogP contribution in [0.2, 0.25) is 0 Å². The molecule has 0 heterocycles. The van der Waals surface area contributed by atoms with Crippen molar-refractivity contribution in [3.63, 3.8) is 0 Å². The number of phenols is 1. The highest BCUT2D eigenvalue weighted by Crippen LogP contribution is 2.20. The molecule has 2 rings (SSSR count). The van der Waals surface area contributed by atoms with Crippen molar-refractivity contribution in [2.24, 2.45) is 0 Å². The Morgan fingerprint density at radius 2 is 1.83 bits per heavy atom. The number of aryl methyl sites for hydroxylation is 1. The van der Waals surface area contributed by atoms with Gasteiger partial charge in [0.15, 0.2) is 0 Å². The summed E-state index contributed by atoms with van der Waals surface area (Å²) in [5.74, 6) is 0.325. The lowest BCUT2D eigenvalue weighted by molar-refractivity contribution is 0.473. The van der Waals surface area contributed by atoms with Crippen LogP contribution in [0.3, 0.4) is 0 Å². The van der Waals surface area contributed by atoms with Crippen molar-refractivity contribution in [2.45, 2.75) is 19.4 Å². The first-order valence-corrected chi connectivity index (χ1v) is 6.21. The minimum Gasteiger partial charge on any atom is -0.508 e. The molecule has 1 atom stereocenters. The fourth-order valence-electron chi connectivity index (χ4n) is 2.10. The van der Waals surface area contributed by atoms with E-state index in [0.717, 1.165) is 12.0 Å². The van der Waals surface area contributed by atoms with Gasteiger partial charge in [-0.2, -0.15) is 0 Å². The number of benzene rings is 2. The van der Waals surface area contributed by atoms with Gasteiger partial charge in [0.1, 0.15) is 5.75 Å². The van der Waals surface area contributed by atoms with Crippen LogP contribution in [0.5, 0.6) is 5.75 Å². The molecule has 0 spiro atoms. The Balaban J connectivity index is 2.17. The normalized spacial score (nSPS) is 12.3. The fraction of sp³-hybridized carbons (Fsp3) is 0.250. The second-order valence-corrected chi connectivity index (χ2v) is 4.63. The second kappa shape index (κ2) is 5.69. The minimum atomic E-state index is 0.271. The number of likely N-dealkylation sites (N-methyl/N-ethyl adjacent to an activating group) is 1. The molecule has 2 aromatic carbocycles. The van der Waals surface area contributed by atoms with Gasteiger partial charge in [-0.15, -0.1) is 0 Å². The first kappa shape index (κ1) is 12.7. The largest absolute Gasteiger partial charge is 0.508 e. The van der Waals surface area contributed by atoms with E-state index in [2.05, 4.69) is 36.5 Å². The van der Waals surface area contributed by atoms with Crippen LogP contribution in [0, 0.1) is 6.92 Å². The maximum Gasteiger partial charge on any atom is 0.115 e. The summed E-state index contributed by atoms with van der Waals surface area (Å²) in [5.41, 5.74) is 3.67. The lowest BCUT2D eigenvalue weighted by Gasteiger charge is -2.17. The molecule has 2 heteroatoms. The summed E-state index contributed by atoms with van der Waals surface area (Å²) >= 11 is 0. The molecule has 2 N–H and O–H groups in total. The molecule has 0 bridgehead atoms. The molecule has 2 aromatic rings. The topological polar surface area (TPSA) is 32.3 Å². The molecule has 0 amide bonds. The van der Waals surface area contributed by atoms with E-state index in [-0.39, 0.29) is 6.04 Å². The van der Waals surface area contributed by atoms with Crippen molar-refractivity contribution in [3.8, 4) is 5.75 Å². The van der Waals surface area contributed by atoms with Gasteiger partial charge in [0, 0.05) is 6.04 Å². The van der Waals surface area contributed by atoms with Gasteiger partial charge < -0.3 is 10.4 Å². The zero-order valence-corrected chi connectivity index (χ0v) is 10.9. The van der Waals surface area contributed by atoms with E-state index in [1.54, 1.807) is 6.07 Å². The van der Waals surface area contributed by atoms with Crippen molar-refractivity contribution in [1.29, 1.82) is 0 Å². The average Bonchev–Trinajstić information content (AvgIpc) is 2.37. The van der Waals surface area contributed by atoms with Crippen LogP contribution < -0.4 is 5.32 Å². The van der Waals surface area contributed by atoms with E-state index in [9.17, 15) is 5.11 Å². The van der Waals surface area contributed by atoms with Crippen LogP contribution in [-0.4, -0.2) is 12.2 Å². The van der Waals surface area contributed by atoms with E-state index in [0.29, 0.717) is 5.75 Å². The molecular weight excluding hydrogens is 222 g/mol. The lowest BCUT2D eigenvalue weighted by Crippen LogP contribution is -2.18. The molecule has 0 radical (unpaired) electrons. The third kappa shape index (κ3) is 3.11. The Kier molecular flexibility index (Phi) is 4.00. The zero-order valence-electron chi connectivity index (χ0n) is 10.9. The molecule has 0 aliphatic heterocycles. The third-order valence-electron chi connectivity index (χ3n) is 3.18. The van der Waals surface area contributed by atoms with Crippen LogP contribution in [0.1, 0.15) is 22.7 Å². The number of rotatable bonds is 4. The smallest absolute Gasteiger partial charge is 0.115 e. The first-order chi connectivity index (χ1) is 8.69. The van der Waals surface area contributed by atoms with Gasteiger partial charge in [0.25, 0.3) is 0 Å². The molecule has 2 nitrogen and oxygen atoms in total. The summed E-state index contributed by atoms with van der Waals surface area (Å²) < 4.78 is 0. The minimum absolute atomic E-state index is 0.271. The standard InChI is InChI=1S/C16H19NO/c1-12-6-8-14(9-7-12)16(17-2)11-13-4-3-5-15(18)10-13/h3-10,16-18H,11H2,1-2H3. The highest BCUT2D eigenvalue weighted by atomic mass is 16.3. The van der Waals surface area contributed by atoms with Gasteiger partial charge in [-0.25, -0.2) is 0 Å². The lowest BCUT2D eigenvalue weighted by atomic mass is 9.98. The van der Waals surface area contributed by atoms with Crippen molar-refractivity contribution >= 4 is 0 Å². The summed E-state index contributed by atoms with van der Waals surface area (Å²) in [4.78, 5) is 0. The van der Waals surface area contributed by atoms with Gasteiger partial charge >= 0.3 is 0 Å². The summed E-state index contributed by atoms with van der Waals surface area (Å²) in [5, 5.41) is 12.8. The Hall–Kier alpha value is -1.80. The van der Waals surface area contributed by atoms with E-state index in [1.165, 1.54) is 11.1 Å². The monoisotopic (exact) mass is 241 g/mol. The van der Waals surface area contributed by atoms with Crippen LogP contribution in [0.4, 0.5) is 0 Å². The molecule has 0 aliphatic rings. The SMILES string of the molecule is CNC(Cc1cccc(O)c1)c1ccc(C)cc1. The molecule has 18 heavy (non-hydrogen) atoms. The highest BCUT2D eigenvalue weighted by Gasteiger charge is 2.10. The first-order valence-electron chi connectivity index (χ1n) is 6.21. The third-order valence-corrected chi connectivity index (χ3v) is 3.18. The van der Waals surface area contributed by atoms with Gasteiger partial charge in [-0.1, -0.05) is 42.0 Å². The number of phenolic OH excluding ortho intramolecular Hbond substituents is 1. The summed E-state index contributed by atoms with van der Waals surface area (Å²) in [6.07, 6.45) is 0.869. The number of aromatic hydroxyl groups is 1. The Morgan fingerprint density at radius 1 is 1.11 bits per heavy atom.